The van der Waals surface area contributed by atoms with Crippen molar-refractivity contribution in [2.45, 2.75) is 13.1 Å². The molecule has 0 spiro atoms. The molecule has 0 radical (unpaired) electrons. The van der Waals surface area contributed by atoms with Crippen LogP contribution in [0.2, 0.25) is 13.1 Å². The number of para-hydroxylation sites is 5. The lowest BCUT2D eigenvalue weighted by atomic mass is 9.89. The summed E-state index contributed by atoms with van der Waals surface area (Å²) in [6, 6.07) is 84.3. The summed E-state index contributed by atoms with van der Waals surface area (Å²) >= 11 is 0. The van der Waals surface area contributed by atoms with Crippen LogP contribution in [-0.4, -0.2) is 8.07 Å². The Morgan fingerprint density at radius 3 is 1.70 bits per heavy atom. The lowest BCUT2D eigenvalue weighted by Gasteiger charge is -2.36. The zero-order valence-corrected chi connectivity index (χ0v) is 37.7. The molecule has 4 heteroatoms. The van der Waals surface area contributed by atoms with Crippen molar-refractivity contribution in [1.29, 1.82) is 0 Å². The van der Waals surface area contributed by atoms with Gasteiger partial charge in [0.2, 0.25) is 0 Å². The Labute approximate surface area is 385 Å². The normalized spacial score (nSPS) is 12.8. The number of nitrogens with zero attached hydrogens (tertiary/aromatic N) is 2. The molecular formula is C62H44N2OSi. The van der Waals surface area contributed by atoms with Crippen LogP contribution in [0.1, 0.15) is 0 Å². The van der Waals surface area contributed by atoms with Crippen molar-refractivity contribution < 1.29 is 4.42 Å². The zero-order chi connectivity index (χ0) is 43.9. The third-order valence-corrected chi connectivity index (χ3v) is 17.5. The molecule has 312 valence electrons. The van der Waals surface area contributed by atoms with Gasteiger partial charge in [-0.2, -0.15) is 0 Å². The summed E-state index contributed by atoms with van der Waals surface area (Å²) in [6.45, 7) is 5.08. The third kappa shape index (κ3) is 5.82. The Morgan fingerprint density at radius 1 is 0.333 bits per heavy atom. The molecule has 0 fully saturated rings. The first-order chi connectivity index (χ1) is 32.5. The number of furan rings is 1. The molecule has 12 aromatic rings. The highest BCUT2D eigenvalue weighted by Gasteiger charge is 2.37. The van der Waals surface area contributed by atoms with Gasteiger partial charge in [0.25, 0.3) is 0 Å². The number of hydrogen-bond donors (Lipinski definition) is 0. The van der Waals surface area contributed by atoms with Crippen LogP contribution in [0, 0.1) is 0 Å². The van der Waals surface area contributed by atoms with Crippen molar-refractivity contribution in [3.05, 3.63) is 231 Å². The predicted molar refractivity (Wildman–Crippen MR) is 283 cm³/mol. The van der Waals surface area contributed by atoms with E-state index in [-0.39, 0.29) is 0 Å². The monoisotopic (exact) mass is 860 g/mol. The van der Waals surface area contributed by atoms with Crippen molar-refractivity contribution in [1.82, 2.24) is 0 Å². The fourth-order valence-electron chi connectivity index (χ4n) is 11.0. The Bertz CT molecular complexity index is 3820. The van der Waals surface area contributed by atoms with E-state index in [1.807, 2.05) is 0 Å². The van der Waals surface area contributed by atoms with E-state index in [1.54, 1.807) is 0 Å². The largest absolute Gasteiger partial charge is 0.454 e. The molecule has 3 nitrogen and oxygen atoms in total. The van der Waals surface area contributed by atoms with E-state index < -0.39 is 8.07 Å². The van der Waals surface area contributed by atoms with Crippen LogP contribution in [0.25, 0.3) is 76.5 Å². The van der Waals surface area contributed by atoms with Crippen LogP contribution in [0.3, 0.4) is 0 Å². The maximum absolute atomic E-state index is 6.81. The highest BCUT2D eigenvalue weighted by atomic mass is 28.3. The molecule has 0 bridgehead atoms. The van der Waals surface area contributed by atoms with Gasteiger partial charge in [-0.1, -0.05) is 177 Å². The van der Waals surface area contributed by atoms with Crippen molar-refractivity contribution >= 4 is 107 Å². The van der Waals surface area contributed by atoms with E-state index in [0.717, 1.165) is 55.9 Å². The number of rotatable bonds is 7. The van der Waals surface area contributed by atoms with Gasteiger partial charge in [0.15, 0.2) is 5.58 Å². The molecular weight excluding hydrogens is 817 g/mol. The SMILES string of the molecule is C[Si]1(C)c2cc(N(c3ccccc3-c3ccccc3)c3cccc4c3oc3ccccc34)ccc2-c2cc3c4ccccc4c(N(c4ccccc4)c4ccccc4)cc3c3cccc1c23. The molecule has 1 aliphatic heterocycles. The van der Waals surface area contributed by atoms with E-state index >= 15 is 0 Å². The Balaban J connectivity index is 1.06. The number of hydrogen-bond acceptors (Lipinski definition) is 3. The van der Waals surface area contributed by atoms with E-state index in [9.17, 15) is 0 Å². The van der Waals surface area contributed by atoms with E-state index in [2.05, 4.69) is 253 Å². The van der Waals surface area contributed by atoms with Crippen molar-refractivity contribution in [2.24, 2.45) is 0 Å². The molecule has 2 heterocycles. The third-order valence-electron chi connectivity index (χ3n) is 14.0. The molecule has 0 unspecified atom stereocenters. The summed E-state index contributed by atoms with van der Waals surface area (Å²) in [6.07, 6.45) is 0. The molecule has 13 rings (SSSR count). The fraction of sp³-hybridized carbons (Fsp3) is 0.0323. The van der Waals surface area contributed by atoms with Crippen molar-refractivity contribution in [2.75, 3.05) is 9.80 Å². The van der Waals surface area contributed by atoms with Crippen molar-refractivity contribution in [3.8, 4) is 22.3 Å². The first-order valence-corrected chi connectivity index (χ1v) is 25.8. The molecule has 1 aromatic heterocycles. The maximum atomic E-state index is 6.81. The van der Waals surface area contributed by atoms with E-state index in [4.69, 9.17) is 4.42 Å². The van der Waals surface area contributed by atoms with Crippen LogP contribution in [0.15, 0.2) is 235 Å². The van der Waals surface area contributed by atoms with Gasteiger partial charge in [-0.25, -0.2) is 0 Å². The van der Waals surface area contributed by atoms with Crippen LogP contribution in [-0.2, 0) is 0 Å². The number of benzene rings is 11. The van der Waals surface area contributed by atoms with Gasteiger partial charge in [0.05, 0.1) is 17.1 Å². The molecule has 0 amide bonds. The lowest BCUT2D eigenvalue weighted by molar-refractivity contribution is 0.669. The molecule has 1 aliphatic rings. The highest BCUT2D eigenvalue weighted by molar-refractivity contribution is 7.03. The summed E-state index contributed by atoms with van der Waals surface area (Å²) in [4.78, 5) is 4.86. The second-order valence-corrected chi connectivity index (χ2v) is 22.3. The summed E-state index contributed by atoms with van der Waals surface area (Å²) in [7, 11) is -2.34. The van der Waals surface area contributed by atoms with Crippen LogP contribution in [0.4, 0.5) is 34.1 Å². The standard InChI is InChI=1S/C62H44N2OSi/c1-66(2)59-35-19-30-50-53-40-57(63(42-22-8-4-9-23-42)43-24-10-5-11-25-43)47-28-13-12-27-46(47)52(53)39-54(61(50)59)49-37-36-44(38-60(49)66)64(55-32-16-14-26-45(55)41-20-6-3-7-21-41)56-33-18-31-51-48-29-15-17-34-58(48)65-62(51)56/h3-40H,1-2H3. The minimum Gasteiger partial charge on any atom is -0.454 e. The minimum atomic E-state index is -2.34. The second-order valence-electron chi connectivity index (χ2n) is 18.0. The fourth-order valence-corrected chi connectivity index (χ4v) is 14.1. The Hall–Kier alpha value is -8.18. The smallest absolute Gasteiger partial charge is 0.159 e. The van der Waals surface area contributed by atoms with Gasteiger partial charge < -0.3 is 14.2 Å². The Morgan fingerprint density at radius 2 is 0.924 bits per heavy atom. The van der Waals surface area contributed by atoms with E-state index in [1.165, 1.54) is 65.1 Å². The first-order valence-electron chi connectivity index (χ1n) is 22.8. The van der Waals surface area contributed by atoms with E-state index in [0.29, 0.717) is 0 Å². The van der Waals surface area contributed by atoms with Gasteiger partial charge >= 0.3 is 0 Å². The zero-order valence-electron chi connectivity index (χ0n) is 36.7. The quantitative estimate of drug-likeness (QED) is 0.118. The molecule has 11 aromatic carbocycles. The van der Waals surface area contributed by atoms with Gasteiger partial charge in [-0.05, 0) is 121 Å². The second kappa shape index (κ2) is 14.9. The first kappa shape index (κ1) is 38.3. The Kier molecular flexibility index (Phi) is 8.67. The molecule has 0 atom stereocenters. The summed E-state index contributed by atoms with van der Waals surface area (Å²) in [5, 5.41) is 12.8. The number of anilines is 6. The van der Waals surface area contributed by atoms with Crippen LogP contribution < -0.4 is 20.2 Å². The molecule has 0 N–H and O–H groups in total. The average Bonchev–Trinajstić information content (AvgIpc) is 3.76. The molecule has 66 heavy (non-hydrogen) atoms. The van der Waals surface area contributed by atoms with Gasteiger partial charge in [0.1, 0.15) is 13.7 Å². The molecule has 0 saturated carbocycles. The number of fused-ring (bicyclic) bond motifs is 9. The summed E-state index contributed by atoms with van der Waals surface area (Å²) < 4.78 is 6.81. The van der Waals surface area contributed by atoms with Crippen LogP contribution >= 0.6 is 0 Å². The van der Waals surface area contributed by atoms with Gasteiger partial charge in [-0.3, -0.25) is 0 Å². The van der Waals surface area contributed by atoms with Crippen molar-refractivity contribution in [3.63, 3.8) is 0 Å². The summed E-state index contributed by atoms with van der Waals surface area (Å²) in [5.74, 6) is 0. The predicted octanol–water partition coefficient (Wildman–Crippen LogP) is 16.5. The maximum Gasteiger partial charge on any atom is 0.159 e. The van der Waals surface area contributed by atoms with Gasteiger partial charge in [-0.15, -0.1) is 0 Å². The lowest BCUT2D eigenvalue weighted by Crippen LogP contribution is -2.56. The van der Waals surface area contributed by atoms with Gasteiger partial charge in [0, 0.05) is 38.8 Å². The molecule has 0 aliphatic carbocycles. The molecule has 0 saturated heterocycles. The summed E-state index contributed by atoms with van der Waals surface area (Å²) in [5.41, 5.74) is 13.4. The highest BCUT2D eigenvalue weighted by Crippen LogP contribution is 2.49. The van der Waals surface area contributed by atoms with Crippen LogP contribution in [0.5, 0.6) is 0 Å². The topological polar surface area (TPSA) is 19.6 Å². The minimum absolute atomic E-state index is 0.877. The average molecular weight is 861 g/mol.